The Bertz CT molecular complexity index is 1290. The van der Waals surface area contributed by atoms with E-state index in [0.29, 0.717) is 25.9 Å². The van der Waals surface area contributed by atoms with Crippen molar-refractivity contribution in [2.45, 2.75) is 76.3 Å². The molecule has 1 heterocycles. The molecule has 4 aliphatic rings. The maximum Gasteiger partial charge on any atom is 0.238 e. The summed E-state index contributed by atoms with van der Waals surface area (Å²) in [6, 6.07) is 6.88. The zero-order chi connectivity index (χ0) is 26.9. The van der Waals surface area contributed by atoms with Crippen LogP contribution in [0, 0.1) is 16.7 Å². The van der Waals surface area contributed by atoms with Crippen molar-refractivity contribution >= 4 is 26.0 Å². The fraction of sp³-hybridized carbons (Fsp3) is 0.731. The smallest absolute Gasteiger partial charge is 0.238 e. The zero-order valence-electron chi connectivity index (χ0n) is 21.8. The van der Waals surface area contributed by atoms with Crippen molar-refractivity contribution in [3.8, 4) is 0 Å². The number of carbonyl (C=O) groups is 1. The first-order chi connectivity index (χ1) is 17.2. The molecule has 5 N–H and O–H groups in total. The van der Waals surface area contributed by atoms with E-state index in [1.807, 2.05) is 0 Å². The lowest BCUT2D eigenvalue weighted by Gasteiger charge is -2.45. The number of nitrogens with zero attached hydrogens (tertiary/aromatic N) is 1. The third-order valence-corrected chi connectivity index (χ3v) is 13.3. The molecule has 3 fully saturated rings. The average Bonchev–Trinajstić information content (AvgIpc) is 3.35. The monoisotopic (exact) mass is 552 g/mol. The number of nitrogens with two attached hydrogens (primary N) is 2. The van der Waals surface area contributed by atoms with Crippen LogP contribution in [0.3, 0.4) is 0 Å². The zero-order valence-corrected chi connectivity index (χ0v) is 23.4. The molecule has 9 nitrogen and oxygen atoms in total. The van der Waals surface area contributed by atoms with Gasteiger partial charge in [-0.15, -0.1) is 0 Å². The summed E-state index contributed by atoms with van der Waals surface area (Å²) in [6.45, 7) is 5.23. The van der Waals surface area contributed by atoms with Gasteiger partial charge in [-0.1, -0.05) is 38.1 Å². The Labute approximate surface area is 220 Å². The van der Waals surface area contributed by atoms with Crippen molar-refractivity contribution in [1.29, 1.82) is 0 Å². The summed E-state index contributed by atoms with van der Waals surface area (Å²) in [6.07, 6.45) is 6.05. The van der Waals surface area contributed by atoms with Gasteiger partial charge in [0.15, 0.2) is 0 Å². The van der Waals surface area contributed by atoms with E-state index in [2.05, 4.69) is 43.4 Å². The number of aryl methyl sites for hydroxylation is 1. The fourth-order valence-electron chi connectivity index (χ4n) is 8.12. The molecular formula is C26H40N4O5S2. The highest BCUT2D eigenvalue weighted by Crippen LogP contribution is 2.66. The Kier molecular flexibility index (Phi) is 6.59. The van der Waals surface area contributed by atoms with Crippen LogP contribution >= 0.6 is 0 Å². The largest absolute Gasteiger partial charge is 0.351 e. The standard InChI is InChI=1S/C26H40N4O5S2/c1-24(2)19-8-10-26(24,22(15-19)29-23(31)21(27)16-36(28,32)33)17-37(34,35)30-13-11-25(12-14-30)9-7-18-5-3-4-6-20(18)25/h3-6,19,21-22H,7-17,27H2,1-2H3,(H,29,31)(H2,28,32,33)/t19-,21+,22+,26-/m1/s1. The van der Waals surface area contributed by atoms with Gasteiger partial charge in [-0.2, -0.15) is 0 Å². The predicted molar refractivity (Wildman–Crippen MR) is 142 cm³/mol. The van der Waals surface area contributed by atoms with Crippen LogP contribution in [-0.4, -0.2) is 63.7 Å². The van der Waals surface area contributed by atoms with Crippen LogP contribution in [-0.2, 0) is 36.7 Å². The Morgan fingerprint density at radius 3 is 2.43 bits per heavy atom. The summed E-state index contributed by atoms with van der Waals surface area (Å²) in [5.74, 6) is -0.994. The van der Waals surface area contributed by atoms with Crippen molar-refractivity contribution in [2.24, 2.45) is 27.6 Å². The number of amides is 1. The van der Waals surface area contributed by atoms with Crippen LogP contribution in [0.5, 0.6) is 0 Å². The Morgan fingerprint density at radius 2 is 1.78 bits per heavy atom. The van der Waals surface area contributed by atoms with Gasteiger partial charge in [0.2, 0.25) is 26.0 Å². The fourth-order valence-corrected chi connectivity index (χ4v) is 11.1. The number of hydrogen-bond donors (Lipinski definition) is 3. The van der Waals surface area contributed by atoms with Crippen molar-refractivity contribution in [2.75, 3.05) is 24.6 Å². The highest BCUT2D eigenvalue weighted by atomic mass is 32.2. The Hall–Kier alpha value is -1.53. The van der Waals surface area contributed by atoms with Crippen molar-refractivity contribution < 1.29 is 21.6 Å². The molecule has 1 aromatic carbocycles. The highest BCUT2D eigenvalue weighted by Gasteiger charge is 2.66. The molecule has 0 unspecified atom stereocenters. The third kappa shape index (κ3) is 4.54. The summed E-state index contributed by atoms with van der Waals surface area (Å²) in [4.78, 5) is 12.8. The number of nitrogens with one attached hydrogen (secondary N) is 1. The van der Waals surface area contributed by atoms with Gasteiger partial charge in [0.05, 0.1) is 17.5 Å². The van der Waals surface area contributed by atoms with Crippen LogP contribution in [0.1, 0.15) is 63.5 Å². The normalized spacial score (nSPS) is 31.4. The molecule has 2 bridgehead atoms. The minimum Gasteiger partial charge on any atom is -0.351 e. The van der Waals surface area contributed by atoms with Gasteiger partial charge >= 0.3 is 0 Å². The minimum atomic E-state index is -3.91. The van der Waals surface area contributed by atoms with Crippen LogP contribution < -0.4 is 16.2 Å². The summed E-state index contributed by atoms with van der Waals surface area (Å²) >= 11 is 0. The maximum atomic E-state index is 13.9. The van der Waals surface area contributed by atoms with Gasteiger partial charge in [0, 0.05) is 24.5 Å². The number of fused-ring (bicyclic) bond motifs is 4. The third-order valence-electron chi connectivity index (χ3n) is 10.5. The molecule has 3 aliphatic carbocycles. The quantitative estimate of drug-likeness (QED) is 0.462. The molecule has 2 saturated carbocycles. The van der Waals surface area contributed by atoms with Gasteiger partial charge in [-0.05, 0) is 72.8 Å². The lowest BCUT2D eigenvalue weighted by molar-refractivity contribution is -0.123. The maximum absolute atomic E-state index is 13.9. The van der Waals surface area contributed by atoms with Gasteiger partial charge in [-0.3, -0.25) is 4.79 Å². The molecule has 5 rings (SSSR count). The lowest BCUT2D eigenvalue weighted by Crippen LogP contribution is -2.57. The van der Waals surface area contributed by atoms with E-state index in [9.17, 15) is 21.6 Å². The number of primary sulfonamides is 1. The van der Waals surface area contributed by atoms with Crippen molar-refractivity contribution in [3.63, 3.8) is 0 Å². The Morgan fingerprint density at radius 1 is 1.11 bits per heavy atom. The first-order valence-electron chi connectivity index (χ1n) is 13.3. The summed E-state index contributed by atoms with van der Waals surface area (Å²) in [5.41, 5.74) is 7.75. The van der Waals surface area contributed by atoms with Crippen LogP contribution in [0.15, 0.2) is 24.3 Å². The molecule has 1 aliphatic heterocycles. The molecule has 1 spiro atoms. The van der Waals surface area contributed by atoms with Gasteiger partial charge in [-0.25, -0.2) is 26.3 Å². The molecule has 1 saturated heterocycles. The number of benzene rings is 1. The topological polar surface area (TPSA) is 153 Å². The van der Waals surface area contributed by atoms with Crippen molar-refractivity contribution in [3.05, 3.63) is 35.4 Å². The molecule has 1 amide bonds. The predicted octanol–water partition coefficient (Wildman–Crippen LogP) is 1.22. The molecule has 11 heteroatoms. The lowest BCUT2D eigenvalue weighted by atomic mass is 9.69. The summed E-state index contributed by atoms with van der Waals surface area (Å²) in [7, 11) is -7.50. The first-order valence-corrected chi connectivity index (χ1v) is 16.6. The summed E-state index contributed by atoms with van der Waals surface area (Å²) in [5, 5.41) is 8.01. The van der Waals surface area contributed by atoms with Crippen LogP contribution in [0.25, 0.3) is 0 Å². The van der Waals surface area contributed by atoms with Crippen LogP contribution in [0.2, 0.25) is 0 Å². The second kappa shape index (κ2) is 9.01. The number of rotatable bonds is 7. The second-order valence-corrected chi connectivity index (χ2v) is 16.1. The number of sulfonamides is 2. The Balaban J connectivity index is 1.32. The SMILES string of the molecule is CC1(C)[C@@H]2CC[C@@]1(CS(=O)(=O)N1CCC3(CCc4ccccc43)CC1)[C@@H](NC(=O)[C@@H](N)CS(N)(=O)=O)C2. The number of carbonyl (C=O) groups excluding carboxylic acids is 1. The molecular weight excluding hydrogens is 512 g/mol. The molecule has 0 radical (unpaired) electrons. The minimum absolute atomic E-state index is 0.0253. The van der Waals surface area contributed by atoms with E-state index in [4.69, 9.17) is 10.9 Å². The number of hydrogen-bond acceptors (Lipinski definition) is 6. The molecule has 37 heavy (non-hydrogen) atoms. The van der Waals surface area contributed by atoms with Crippen LogP contribution in [0.4, 0.5) is 0 Å². The van der Waals surface area contributed by atoms with E-state index in [-0.39, 0.29) is 28.5 Å². The number of piperidine rings is 1. The van der Waals surface area contributed by atoms with Gasteiger partial charge < -0.3 is 11.1 Å². The van der Waals surface area contributed by atoms with E-state index >= 15 is 0 Å². The highest BCUT2D eigenvalue weighted by molar-refractivity contribution is 7.89. The van der Waals surface area contributed by atoms with Gasteiger partial charge in [0.1, 0.15) is 0 Å². The second-order valence-electron chi connectivity index (χ2n) is 12.4. The van der Waals surface area contributed by atoms with Crippen molar-refractivity contribution in [1.82, 2.24) is 9.62 Å². The molecule has 4 atom stereocenters. The van der Waals surface area contributed by atoms with E-state index in [1.165, 1.54) is 11.1 Å². The van der Waals surface area contributed by atoms with E-state index < -0.39 is 43.2 Å². The molecule has 206 valence electrons. The average molecular weight is 553 g/mol. The molecule has 1 aromatic rings. The van der Waals surface area contributed by atoms with Gasteiger partial charge in [0.25, 0.3) is 0 Å². The molecule has 0 aromatic heterocycles. The van der Waals surface area contributed by atoms with E-state index in [1.54, 1.807) is 4.31 Å². The van der Waals surface area contributed by atoms with E-state index in [0.717, 1.165) is 32.1 Å². The first kappa shape index (κ1) is 27.1. The summed E-state index contributed by atoms with van der Waals surface area (Å²) < 4.78 is 52.3.